The van der Waals surface area contributed by atoms with Gasteiger partial charge in [0.1, 0.15) is 5.75 Å². The minimum Gasteiger partial charge on any atom is -0.454 e. The average Bonchev–Trinajstić information content (AvgIpc) is 2.72. The lowest BCUT2D eigenvalue weighted by Crippen LogP contribution is -2.21. The summed E-state index contributed by atoms with van der Waals surface area (Å²) in [5.41, 5.74) is 1.06. The maximum Gasteiger partial charge on any atom is 0.311 e. The molecule has 96 valence electrons. The van der Waals surface area contributed by atoms with E-state index in [-0.39, 0.29) is 18.7 Å². The highest BCUT2D eigenvalue weighted by Gasteiger charge is 2.30. The monoisotopic (exact) mass is 248 g/mol. The van der Waals surface area contributed by atoms with E-state index in [2.05, 4.69) is 13.8 Å². The molecule has 0 unspecified atom stereocenters. The van der Waals surface area contributed by atoms with E-state index in [9.17, 15) is 4.79 Å². The summed E-state index contributed by atoms with van der Waals surface area (Å²) in [6, 6.07) is 3.72. The van der Waals surface area contributed by atoms with Crippen molar-refractivity contribution in [3.05, 3.63) is 17.7 Å². The third-order valence-electron chi connectivity index (χ3n) is 3.34. The van der Waals surface area contributed by atoms with Gasteiger partial charge in [-0.3, -0.25) is 4.79 Å². The summed E-state index contributed by atoms with van der Waals surface area (Å²) in [6.45, 7) is 4.56. The van der Waals surface area contributed by atoms with Crippen LogP contribution in [0.5, 0.6) is 17.2 Å². The number of hydrogen-bond acceptors (Lipinski definition) is 4. The van der Waals surface area contributed by atoms with E-state index in [1.54, 1.807) is 6.07 Å². The Morgan fingerprint density at radius 3 is 2.67 bits per heavy atom. The summed E-state index contributed by atoms with van der Waals surface area (Å²) in [4.78, 5) is 11.6. The maximum absolute atomic E-state index is 11.6. The van der Waals surface area contributed by atoms with E-state index in [0.29, 0.717) is 23.8 Å². The van der Waals surface area contributed by atoms with E-state index in [1.165, 1.54) is 0 Å². The summed E-state index contributed by atoms with van der Waals surface area (Å²) in [6.07, 6.45) is 1.42. The molecule has 4 nitrogen and oxygen atoms in total. The Kier molecular flexibility index (Phi) is 2.65. The van der Waals surface area contributed by atoms with Crippen LogP contribution < -0.4 is 14.2 Å². The fourth-order valence-corrected chi connectivity index (χ4v) is 2.60. The van der Waals surface area contributed by atoms with Crippen molar-refractivity contribution in [2.75, 3.05) is 6.79 Å². The van der Waals surface area contributed by atoms with Gasteiger partial charge in [-0.15, -0.1) is 0 Å². The standard InChI is InChI=1S/C14H16O4/c1-8(2)3-9-4-14(15)18-11-6-13-12(5-10(9)11)16-7-17-13/h5-6,8-9H,3-4,7H2,1-2H3/t9-/m1/s1. The van der Waals surface area contributed by atoms with Crippen molar-refractivity contribution in [2.45, 2.75) is 32.6 Å². The lowest BCUT2D eigenvalue weighted by Gasteiger charge is -2.25. The van der Waals surface area contributed by atoms with Crippen LogP contribution >= 0.6 is 0 Å². The molecule has 1 aromatic rings. The molecule has 0 aliphatic carbocycles. The zero-order valence-electron chi connectivity index (χ0n) is 10.6. The summed E-state index contributed by atoms with van der Waals surface area (Å²) in [5, 5.41) is 0. The fourth-order valence-electron chi connectivity index (χ4n) is 2.60. The van der Waals surface area contributed by atoms with Crippen LogP contribution in [-0.2, 0) is 4.79 Å². The largest absolute Gasteiger partial charge is 0.454 e. The van der Waals surface area contributed by atoms with Gasteiger partial charge in [0.15, 0.2) is 11.5 Å². The van der Waals surface area contributed by atoms with Crippen molar-refractivity contribution in [1.29, 1.82) is 0 Å². The lowest BCUT2D eigenvalue weighted by molar-refractivity contribution is -0.136. The van der Waals surface area contributed by atoms with E-state index in [4.69, 9.17) is 14.2 Å². The highest BCUT2D eigenvalue weighted by atomic mass is 16.7. The SMILES string of the molecule is CC(C)C[C@@H]1CC(=O)Oc2cc3c(cc21)OCO3. The van der Waals surface area contributed by atoms with Gasteiger partial charge < -0.3 is 14.2 Å². The van der Waals surface area contributed by atoms with Gasteiger partial charge in [-0.2, -0.15) is 0 Å². The van der Waals surface area contributed by atoms with Crippen LogP contribution in [-0.4, -0.2) is 12.8 Å². The molecule has 2 aliphatic heterocycles. The predicted molar refractivity (Wildman–Crippen MR) is 65.0 cm³/mol. The van der Waals surface area contributed by atoms with Crippen molar-refractivity contribution in [3.63, 3.8) is 0 Å². The van der Waals surface area contributed by atoms with E-state index < -0.39 is 0 Å². The van der Waals surface area contributed by atoms with Crippen molar-refractivity contribution < 1.29 is 19.0 Å². The van der Waals surface area contributed by atoms with Gasteiger partial charge in [0.05, 0.1) is 6.42 Å². The molecule has 0 saturated heterocycles. The Morgan fingerprint density at radius 2 is 1.94 bits per heavy atom. The zero-order valence-corrected chi connectivity index (χ0v) is 10.6. The second-order valence-corrected chi connectivity index (χ2v) is 5.25. The quantitative estimate of drug-likeness (QED) is 0.596. The molecule has 0 N–H and O–H groups in total. The Hall–Kier alpha value is -1.71. The molecule has 3 rings (SSSR count). The first-order valence-electron chi connectivity index (χ1n) is 6.27. The number of benzene rings is 1. The predicted octanol–water partition coefficient (Wildman–Crippen LogP) is 2.85. The molecule has 0 amide bonds. The number of fused-ring (bicyclic) bond motifs is 2. The second-order valence-electron chi connectivity index (χ2n) is 5.25. The first kappa shape index (κ1) is 11.4. The molecule has 0 saturated carbocycles. The van der Waals surface area contributed by atoms with Gasteiger partial charge in [-0.05, 0) is 24.3 Å². The molecule has 2 heterocycles. The topological polar surface area (TPSA) is 44.8 Å². The molecule has 1 atom stereocenters. The van der Waals surface area contributed by atoms with Crippen LogP contribution in [0.3, 0.4) is 0 Å². The van der Waals surface area contributed by atoms with Gasteiger partial charge in [0, 0.05) is 11.6 Å². The Labute approximate surface area is 106 Å². The first-order valence-corrected chi connectivity index (χ1v) is 6.27. The summed E-state index contributed by atoms with van der Waals surface area (Å²) < 4.78 is 16.0. The summed E-state index contributed by atoms with van der Waals surface area (Å²) >= 11 is 0. The highest BCUT2D eigenvalue weighted by molar-refractivity contribution is 5.77. The molecule has 4 heteroatoms. The number of carbonyl (C=O) groups is 1. The molecule has 0 fully saturated rings. The van der Waals surface area contributed by atoms with Crippen LogP contribution in [0.4, 0.5) is 0 Å². The van der Waals surface area contributed by atoms with Gasteiger partial charge in [0.25, 0.3) is 0 Å². The molecular formula is C14H16O4. The molecule has 0 aromatic heterocycles. The Morgan fingerprint density at radius 1 is 1.22 bits per heavy atom. The van der Waals surface area contributed by atoms with E-state index in [1.807, 2.05) is 6.07 Å². The van der Waals surface area contributed by atoms with E-state index in [0.717, 1.165) is 17.7 Å². The number of rotatable bonds is 2. The van der Waals surface area contributed by atoms with Crippen molar-refractivity contribution in [2.24, 2.45) is 5.92 Å². The minimum atomic E-state index is -0.160. The number of esters is 1. The first-order chi connectivity index (χ1) is 8.63. The lowest BCUT2D eigenvalue weighted by atomic mass is 9.85. The summed E-state index contributed by atoms with van der Waals surface area (Å²) in [5.74, 6) is 2.63. The minimum absolute atomic E-state index is 0.160. The van der Waals surface area contributed by atoms with Gasteiger partial charge in [0.2, 0.25) is 6.79 Å². The average molecular weight is 248 g/mol. The zero-order chi connectivity index (χ0) is 12.7. The molecule has 0 radical (unpaired) electrons. The van der Waals surface area contributed by atoms with Crippen LogP contribution in [0.15, 0.2) is 12.1 Å². The third kappa shape index (κ3) is 1.92. The van der Waals surface area contributed by atoms with Crippen molar-refractivity contribution in [3.8, 4) is 17.2 Å². The number of hydrogen-bond donors (Lipinski definition) is 0. The van der Waals surface area contributed by atoms with Gasteiger partial charge in [-0.1, -0.05) is 13.8 Å². The Balaban J connectivity index is 2.00. The Bertz CT molecular complexity index is 493. The third-order valence-corrected chi connectivity index (χ3v) is 3.34. The molecule has 18 heavy (non-hydrogen) atoms. The summed E-state index contributed by atoms with van der Waals surface area (Å²) in [7, 11) is 0. The van der Waals surface area contributed by atoms with Crippen molar-refractivity contribution in [1.82, 2.24) is 0 Å². The van der Waals surface area contributed by atoms with Crippen LogP contribution in [0.2, 0.25) is 0 Å². The molecule has 2 aliphatic rings. The normalized spacial score (nSPS) is 20.8. The molecule has 1 aromatic carbocycles. The maximum atomic E-state index is 11.6. The van der Waals surface area contributed by atoms with Gasteiger partial charge in [-0.25, -0.2) is 0 Å². The smallest absolute Gasteiger partial charge is 0.311 e. The molecule has 0 spiro atoms. The molecular weight excluding hydrogens is 232 g/mol. The highest BCUT2D eigenvalue weighted by Crippen LogP contribution is 2.45. The van der Waals surface area contributed by atoms with Crippen LogP contribution in [0.25, 0.3) is 0 Å². The number of carbonyl (C=O) groups excluding carboxylic acids is 1. The second kappa shape index (κ2) is 4.19. The van der Waals surface area contributed by atoms with E-state index >= 15 is 0 Å². The number of ether oxygens (including phenoxy) is 3. The van der Waals surface area contributed by atoms with Gasteiger partial charge >= 0.3 is 5.97 Å². The fraction of sp³-hybridized carbons (Fsp3) is 0.500. The van der Waals surface area contributed by atoms with Crippen LogP contribution in [0, 0.1) is 5.92 Å². The molecule has 0 bridgehead atoms. The van der Waals surface area contributed by atoms with Crippen molar-refractivity contribution >= 4 is 5.97 Å². The van der Waals surface area contributed by atoms with Crippen LogP contribution in [0.1, 0.15) is 38.2 Å².